The number of nitrogens with zero attached hydrogens (tertiary/aromatic N) is 2. The van der Waals surface area contributed by atoms with E-state index in [-0.39, 0.29) is 17.4 Å². The monoisotopic (exact) mass is 445 g/mol. The molecule has 1 N–H and O–H groups in total. The predicted molar refractivity (Wildman–Crippen MR) is 121 cm³/mol. The molecule has 0 amide bonds. The van der Waals surface area contributed by atoms with E-state index in [0.29, 0.717) is 27.3 Å². The second kappa shape index (κ2) is 8.61. The summed E-state index contributed by atoms with van der Waals surface area (Å²) >= 11 is 1.24. The number of nitrogens with one attached hydrogen (secondary N) is 1. The fourth-order valence-electron chi connectivity index (χ4n) is 3.03. The molecular weight excluding hydrogens is 422 g/mol. The summed E-state index contributed by atoms with van der Waals surface area (Å²) in [5.74, 6) is -0.136. The van der Waals surface area contributed by atoms with Crippen LogP contribution in [0, 0.1) is 0 Å². The quantitative estimate of drug-likeness (QED) is 0.338. The van der Waals surface area contributed by atoms with E-state index in [4.69, 9.17) is 0 Å². The number of rotatable bonds is 7. The number of Topliss-reactive ketones (excluding diaryl/α,β-unsaturated/α-hetero) is 1. The fourth-order valence-corrected chi connectivity index (χ4v) is 4.71. The molecule has 0 aliphatic heterocycles. The first-order chi connectivity index (χ1) is 14.1. The molecule has 0 aliphatic carbocycles. The van der Waals surface area contributed by atoms with E-state index in [0.717, 1.165) is 6.26 Å². The molecule has 0 radical (unpaired) electrons. The third-order valence-electron chi connectivity index (χ3n) is 4.42. The number of para-hydroxylation sites is 1. The Morgan fingerprint density at radius 3 is 2.30 bits per heavy atom. The lowest BCUT2D eigenvalue weighted by atomic mass is 10.1. The smallest absolute Gasteiger partial charge is 0.262 e. The van der Waals surface area contributed by atoms with Crippen LogP contribution < -0.4 is 10.3 Å². The molecule has 1 atom stereocenters. The zero-order chi connectivity index (χ0) is 22.1. The van der Waals surface area contributed by atoms with Crippen LogP contribution in [0.25, 0.3) is 10.9 Å². The Hall–Kier alpha value is -2.65. The highest BCUT2D eigenvalue weighted by Crippen LogP contribution is 2.27. The number of aromatic nitrogens is 2. The molecule has 2 aromatic carbocycles. The fraction of sp³-hybridized carbons (Fsp3) is 0.286. The predicted octanol–water partition coefficient (Wildman–Crippen LogP) is 3.71. The summed E-state index contributed by atoms with van der Waals surface area (Å²) < 4.78 is 26.6. The molecule has 30 heavy (non-hydrogen) atoms. The molecule has 0 saturated carbocycles. The molecule has 0 spiro atoms. The first-order valence-electron chi connectivity index (χ1n) is 9.37. The van der Waals surface area contributed by atoms with Crippen molar-refractivity contribution in [2.24, 2.45) is 0 Å². The van der Waals surface area contributed by atoms with Gasteiger partial charge in [-0.25, -0.2) is 13.4 Å². The maximum absolute atomic E-state index is 12.9. The molecular formula is C21H23N3O4S2. The molecule has 7 nitrogen and oxygen atoms in total. The maximum atomic E-state index is 12.9. The number of ketones is 1. The maximum Gasteiger partial charge on any atom is 0.262 e. The zero-order valence-electron chi connectivity index (χ0n) is 17.1. The molecule has 0 aliphatic rings. The topological polar surface area (TPSA) is 98.1 Å². The summed E-state index contributed by atoms with van der Waals surface area (Å²) in [7, 11) is -3.38. The largest absolute Gasteiger partial charge is 0.293 e. The van der Waals surface area contributed by atoms with Gasteiger partial charge in [-0.2, -0.15) is 0 Å². The number of carbonyl (C=O) groups is 1. The van der Waals surface area contributed by atoms with Gasteiger partial charge in [0, 0.05) is 17.3 Å². The van der Waals surface area contributed by atoms with Gasteiger partial charge in [0.2, 0.25) is 10.0 Å². The van der Waals surface area contributed by atoms with Gasteiger partial charge < -0.3 is 0 Å². The van der Waals surface area contributed by atoms with Gasteiger partial charge in [-0.3, -0.25) is 18.9 Å². The summed E-state index contributed by atoms with van der Waals surface area (Å²) in [6.45, 7) is 5.57. The minimum Gasteiger partial charge on any atom is -0.293 e. The van der Waals surface area contributed by atoms with E-state index in [1.54, 1.807) is 54.0 Å². The van der Waals surface area contributed by atoms with Crippen molar-refractivity contribution < 1.29 is 13.2 Å². The van der Waals surface area contributed by atoms with Gasteiger partial charge in [-0.05, 0) is 57.2 Å². The number of carbonyl (C=O) groups excluding carboxylic acids is 1. The normalized spacial score (nSPS) is 12.8. The van der Waals surface area contributed by atoms with Crippen LogP contribution >= 0.6 is 11.8 Å². The van der Waals surface area contributed by atoms with Crippen molar-refractivity contribution in [2.75, 3.05) is 11.0 Å². The van der Waals surface area contributed by atoms with Crippen molar-refractivity contribution in [3.05, 3.63) is 64.4 Å². The molecule has 158 valence electrons. The third-order valence-corrected chi connectivity index (χ3v) is 6.09. The molecule has 0 unspecified atom stereocenters. The number of hydrogen-bond acceptors (Lipinski definition) is 6. The van der Waals surface area contributed by atoms with Crippen LogP contribution in [0.3, 0.4) is 0 Å². The number of anilines is 1. The SMILES string of the molecule is CC(C)n1c(S[C@H](C)C(=O)c2ccc(NS(C)(=O)=O)cc2)nc2ccccc2c1=O. The Balaban J connectivity index is 1.89. The lowest BCUT2D eigenvalue weighted by Crippen LogP contribution is -2.26. The van der Waals surface area contributed by atoms with Crippen LogP contribution in [-0.4, -0.2) is 35.3 Å². The van der Waals surface area contributed by atoms with E-state index in [9.17, 15) is 18.0 Å². The average Bonchev–Trinajstić information content (AvgIpc) is 2.66. The van der Waals surface area contributed by atoms with Gasteiger partial charge in [-0.1, -0.05) is 23.9 Å². The average molecular weight is 446 g/mol. The second-order valence-electron chi connectivity index (χ2n) is 7.26. The second-order valence-corrected chi connectivity index (χ2v) is 10.3. The van der Waals surface area contributed by atoms with Gasteiger partial charge in [0.05, 0.1) is 22.4 Å². The van der Waals surface area contributed by atoms with E-state index in [1.807, 2.05) is 19.9 Å². The van der Waals surface area contributed by atoms with Gasteiger partial charge in [-0.15, -0.1) is 0 Å². The molecule has 1 heterocycles. The lowest BCUT2D eigenvalue weighted by molar-refractivity contribution is 0.0994. The summed E-state index contributed by atoms with van der Waals surface area (Å²) in [4.78, 5) is 30.5. The lowest BCUT2D eigenvalue weighted by Gasteiger charge is -2.18. The van der Waals surface area contributed by atoms with Crippen LogP contribution in [-0.2, 0) is 10.0 Å². The van der Waals surface area contributed by atoms with E-state index >= 15 is 0 Å². The van der Waals surface area contributed by atoms with E-state index < -0.39 is 15.3 Å². The van der Waals surface area contributed by atoms with Gasteiger partial charge >= 0.3 is 0 Å². The summed E-state index contributed by atoms with van der Waals surface area (Å²) in [6, 6.07) is 13.3. The highest BCUT2D eigenvalue weighted by atomic mass is 32.2. The summed E-state index contributed by atoms with van der Waals surface area (Å²) in [6.07, 6.45) is 1.07. The molecule has 3 aromatic rings. The van der Waals surface area contributed by atoms with Crippen LogP contribution in [0.1, 0.15) is 37.2 Å². The molecule has 9 heteroatoms. The van der Waals surface area contributed by atoms with Gasteiger partial charge in [0.25, 0.3) is 5.56 Å². The van der Waals surface area contributed by atoms with E-state index in [2.05, 4.69) is 9.71 Å². The Bertz CT molecular complexity index is 1250. The Morgan fingerprint density at radius 2 is 1.70 bits per heavy atom. The summed E-state index contributed by atoms with van der Waals surface area (Å²) in [5.41, 5.74) is 1.30. The minimum absolute atomic E-state index is 0.110. The number of sulfonamides is 1. The van der Waals surface area contributed by atoms with Crippen LogP contribution in [0.5, 0.6) is 0 Å². The molecule has 0 fully saturated rings. The Kier molecular flexibility index (Phi) is 6.33. The Labute approximate surface area is 179 Å². The Morgan fingerprint density at radius 1 is 1.07 bits per heavy atom. The van der Waals surface area contributed by atoms with E-state index in [1.165, 1.54) is 11.8 Å². The third kappa shape index (κ3) is 4.91. The highest BCUT2D eigenvalue weighted by molar-refractivity contribution is 8.00. The molecule has 0 bridgehead atoms. The number of fused-ring (bicyclic) bond motifs is 1. The van der Waals surface area contributed by atoms with Crippen molar-refractivity contribution in [1.29, 1.82) is 0 Å². The van der Waals surface area contributed by atoms with Crippen molar-refractivity contribution in [3.63, 3.8) is 0 Å². The zero-order valence-corrected chi connectivity index (χ0v) is 18.8. The van der Waals surface area contributed by atoms with Gasteiger partial charge in [0.15, 0.2) is 10.9 Å². The van der Waals surface area contributed by atoms with Gasteiger partial charge in [0.1, 0.15) is 0 Å². The highest BCUT2D eigenvalue weighted by Gasteiger charge is 2.21. The van der Waals surface area contributed by atoms with Crippen LogP contribution in [0.4, 0.5) is 5.69 Å². The standard InChI is InChI=1S/C21H23N3O4S2/c1-13(2)24-20(26)17-7-5-6-8-18(17)22-21(24)29-14(3)19(25)15-9-11-16(12-10-15)23-30(4,27)28/h5-14,23H,1-4H3/t14-/m1/s1. The molecule has 0 saturated heterocycles. The number of hydrogen-bond donors (Lipinski definition) is 1. The minimum atomic E-state index is -3.38. The number of benzene rings is 2. The van der Waals surface area contributed by atoms with Crippen molar-refractivity contribution in [2.45, 2.75) is 37.2 Å². The summed E-state index contributed by atoms with van der Waals surface area (Å²) in [5, 5.41) is 0.546. The van der Waals surface area contributed by atoms with Crippen LogP contribution in [0.15, 0.2) is 58.5 Å². The molecule has 1 aromatic heterocycles. The molecule has 3 rings (SSSR count). The number of thioether (sulfide) groups is 1. The van der Waals surface area contributed by atoms with Crippen molar-refractivity contribution in [1.82, 2.24) is 9.55 Å². The van der Waals surface area contributed by atoms with Crippen molar-refractivity contribution in [3.8, 4) is 0 Å². The first kappa shape index (κ1) is 22.0. The van der Waals surface area contributed by atoms with Crippen molar-refractivity contribution >= 4 is 44.2 Å². The van der Waals surface area contributed by atoms with Crippen LogP contribution in [0.2, 0.25) is 0 Å². The first-order valence-corrected chi connectivity index (χ1v) is 12.1.